The molecule has 0 aliphatic rings. The minimum Gasteiger partial charge on any atom is -0.474 e. The van der Waals surface area contributed by atoms with Crippen molar-refractivity contribution in [1.82, 2.24) is 0 Å². The topological polar surface area (TPSA) is 108 Å². The summed E-state index contributed by atoms with van der Waals surface area (Å²) in [6.07, 6.45) is -1.09. The number of rotatable bonds is 6. The molecule has 0 heterocycles. The van der Waals surface area contributed by atoms with Gasteiger partial charge in [0.05, 0.1) is 28.3 Å². The summed E-state index contributed by atoms with van der Waals surface area (Å²) in [5.41, 5.74) is -0.210. The Hall–Kier alpha value is -2.84. The van der Waals surface area contributed by atoms with Crippen molar-refractivity contribution < 1.29 is 24.0 Å². The highest BCUT2D eigenvalue weighted by Gasteiger charge is 2.23. The summed E-state index contributed by atoms with van der Waals surface area (Å²) in [5, 5.41) is 14.4. The predicted molar refractivity (Wildman–Crippen MR) is 99.6 cm³/mol. The van der Waals surface area contributed by atoms with E-state index < -0.39 is 28.6 Å². The van der Waals surface area contributed by atoms with Gasteiger partial charge in [-0.05, 0) is 37.3 Å². The lowest BCUT2D eigenvalue weighted by atomic mass is 10.2. The molecule has 0 aliphatic carbocycles. The van der Waals surface area contributed by atoms with Crippen LogP contribution in [0.5, 0.6) is 5.75 Å². The first-order valence-electron chi connectivity index (χ1n) is 7.52. The number of benzene rings is 2. The maximum Gasteiger partial charge on any atom is 0.338 e. The number of halogens is 2. The summed E-state index contributed by atoms with van der Waals surface area (Å²) in [4.78, 5) is 34.3. The molecule has 0 aliphatic heterocycles. The molecular weight excluding hydrogens is 399 g/mol. The zero-order valence-electron chi connectivity index (χ0n) is 14.2. The van der Waals surface area contributed by atoms with E-state index in [1.807, 2.05) is 0 Å². The fraction of sp³-hybridized carbons (Fsp3) is 0.176. The van der Waals surface area contributed by atoms with Crippen molar-refractivity contribution >= 4 is 46.5 Å². The Morgan fingerprint density at radius 2 is 1.89 bits per heavy atom. The van der Waals surface area contributed by atoms with Crippen molar-refractivity contribution in [2.75, 3.05) is 12.4 Å². The predicted octanol–water partition coefficient (Wildman–Crippen LogP) is 4.09. The third-order valence-corrected chi connectivity index (χ3v) is 4.00. The normalized spacial score (nSPS) is 11.4. The number of methoxy groups -OCH3 is 1. The Labute approximate surface area is 164 Å². The van der Waals surface area contributed by atoms with Gasteiger partial charge in [-0.2, -0.15) is 0 Å². The number of amides is 1. The Morgan fingerprint density at radius 3 is 2.52 bits per heavy atom. The molecule has 142 valence electrons. The van der Waals surface area contributed by atoms with E-state index in [9.17, 15) is 19.7 Å². The number of anilines is 1. The molecule has 8 nitrogen and oxygen atoms in total. The van der Waals surface area contributed by atoms with Crippen LogP contribution in [-0.2, 0) is 9.53 Å². The van der Waals surface area contributed by atoms with Gasteiger partial charge in [0, 0.05) is 11.1 Å². The van der Waals surface area contributed by atoms with Gasteiger partial charge in [0.15, 0.2) is 11.9 Å². The van der Waals surface area contributed by atoms with Crippen LogP contribution in [0.15, 0.2) is 36.4 Å². The molecule has 2 rings (SSSR count). The molecule has 0 saturated heterocycles. The molecule has 0 bridgehead atoms. The van der Waals surface area contributed by atoms with E-state index >= 15 is 0 Å². The summed E-state index contributed by atoms with van der Waals surface area (Å²) < 4.78 is 9.93. The van der Waals surface area contributed by atoms with Gasteiger partial charge in [-0.3, -0.25) is 14.9 Å². The van der Waals surface area contributed by atoms with Crippen molar-refractivity contribution in [3.8, 4) is 5.75 Å². The van der Waals surface area contributed by atoms with Gasteiger partial charge in [-0.25, -0.2) is 4.79 Å². The number of nitro benzene ring substituents is 1. The van der Waals surface area contributed by atoms with Crippen LogP contribution in [0.3, 0.4) is 0 Å². The van der Waals surface area contributed by atoms with Crippen molar-refractivity contribution in [1.29, 1.82) is 0 Å². The Balaban J connectivity index is 2.20. The van der Waals surface area contributed by atoms with E-state index in [1.165, 1.54) is 31.2 Å². The van der Waals surface area contributed by atoms with E-state index in [-0.39, 0.29) is 22.0 Å². The molecule has 0 spiro atoms. The third kappa shape index (κ3) is 5.08. The molecule has 1 atom stereocenters. The summed E-state index contributed by atoms with van der Waals surface area (Å²) in [5.74, 6) is -1.50. The van der Waals surface area contributed by atoms with Gasteiger partial charge in [0.2, 0.25) is 0 Å². The van der Waals surface area contributed by atoms with E-state index in [0.717, 1.165) is 13.2 Å². The van der Waals surface area contributed by atoms with Crippen LogP contribution < -0.4 is 10.1 Å². The van der Waals surface area contributed by atoms with Gasteiger partial charge in [-0.1, -0.05) is 23.2 Å². The molecule has 10 heteroatoms. The zero-order valence-corrected chi connectivity index (χ0v) is 15.7. The molecule has 0 radical (unpaired) electrons. The fourth-order valence-corrected chi connectivity index (χ4v) is 2.41. The number of carbonyl (C=O) groups is 2. The van der Waals surface area contributed by atoms with Crippen molar-refractivity contribution in [2.24, 2.45) is 0 Å². The van der Waals surface area contributed by atoms with Crippen molar-refractivity contribution in [3.63, 3.8) is 0 Å². The molecule has 1 N–H and O–H groups in total. The lowest BCUT2D eigenvalue weighted by Crippen LogP contribution is -2.30. The number of hydrogen-bond donors (Lipinski definition) is 1. The first-order valence-corrected chi connectivity index (χ1v) is 8.28. The molecule has 0 fully saturated rings. The fourth-order valence-electron chi connectivity index (χ4n) is 2.08. The smallest absolute Gasteiger partial charge is 0.338 e. The van der Waals surface area contributed by atoms with Crippen LogP contribution in [0.1, 0.15) is 17.3 Å². The van der Waals surface area contributed by atoms with Crippen LogP contribution in [0.2, 0.25) is 10.0 Å². The molecule has 0 saturated carbocycles. The highest BCUT2D eigenvalue weighted by Crippen LogP contribution is 2.30. The molecular formula is C17H14Cl2N2O6. The monoisotopic (exact) mass is 412 g/mol. The van der Waals surface area contributed by atoms with Crippen LogP contribution >= 0.6 is 23.2 Å². The van der Waals surface area contributed by atoms with E-state index in [2.05, 4.69) is 10.1 Å². The Kier molecular flexibility index (Phi) is 6.59. The second kappa shape index (κ2) is 8.70. The second-order valence-corrected chi connectivity index (χ2v) is 6.15. The first-order chi connectivity index (χ1) is 12.7. The molecule has 0 aromatic heterocycles. The lowest BCUT2D eigenvalue weighted by Gasteiger charge is -2.15. The minimum atomic E-state index is -1.09. The van der Waals surface area contributed by atoms with Gasteiger partial charge >= 0.3 is 11.7 Å². The number of esters is 1. The van der Waals surface area contributed by atoms with Gasteiger partial charge in [0.25, 0.3) is 5.91 Å². The van der Waals surface area contributed by atoms with Crippen LogP contribution in [-0.4, -0.2) is 30.0 Å². The van der Waals surface area contributed by atoms with Crippen LogP contribution in [0.25, 0.3) is 0 Å². The first kappa shape index (κ1) is 20.5. The third-order valence-electron chi connectivity index (χ3n) is 3.44. The van der Waals surface area contributed by atoms with Gasteiger partial charge in [-0.15, -0.1) is 0 Å². The standard InChI is InChI=1S/C17H14Cl2N2O6/c1-9(16(22)20-13-8-11(18)4-5-12(13)19)27-15-6-3-10(17(23)26-2)7-14(15)21(24)25/h3-9H,1-2H3,(H,20,22)/t9-/m1/s1. The molecule has 2 aromatic rings. The van der Waals surface area contributed by atoms with E-state index in [0.29, 0.717) is 5.02 Å². The molecule has 0 unspecified atom stereocenters. The average molecular weight is 413 g/mol. The highest BCUT2D eigenvalue weighted by atomic mass is 35.5. The second-order valence-electron chi connectivity index (χ2n) is 5.30. The van der Waals surface area contributed by atoms with Gasteiger partial charge in [0.1, 0.15) is 0 Å². The highest BCUT2D eigenvalue weighted by molar-refractivity contribution is 6.35. The number of ether oxygens (including phenoxy) is 2. The lowest BCUT2D eigenvalue weighted by molar-refractivity contribution is -0.386. The maximum atomic E-state index is 12.3. The average Bonchev–Trinajstić information content (AvgIpc) is 2.64. The zero-order chi connectivity index (χ0) is 20.1. The summed E-state index contributed by atoms with van der Waals surface area (Å²) in [7, 11) is 1.16. The largest absolute Gasteiger partial charge is 0.474 e. The van der Waals surface area contributed by atoms with Crippen LogP contribution in [0.4, 0.5) is 11.4 Å². The van der Waals surface area contributed by atoms with Gasteiger partial charge < -0.3 is 14.8 Å². The SMILES string of the molecule is COC(=O)c1ccc(O[C@H](C)C(=O)Nc2cc(Cl)ccc2Cl)c([N+](=O)[O-])c1. The summed E-state index contributed by atoms with van der Waals surface area (Å²) in [6.45, 7) is 1.41. The molecule has 2 aromatic carbocycles. The quantitative estimate of drug-likeness (QED) is 0.434. The van der Waals surface area contributed by atoms with Crippen molar-refractivity contribution in [3.05, 3.63) is 62.1 Å². The number of nitrogens with zero attached hydrogens (tertiary/aromatic N) is 1. The summed E-state index contributed by atoms with van der Waals surface area (Å²) >= 11 is 11.8. The number of hydrogen-bond acceptors (Lipinski definition) is 6. The van der Waals surface area contributed by atoms with E-state index in [4.69, 9.17) is 27.9 Å². The number of nitro groups is 1. The molecule has 1 amide bonds. The number of carbonyl (C=O) groups excluding carboxylic acids is 2. The minimum absolute atomic E-state index is 0.0145. The Morgan fingerprint density at radius 1 is 1.19 bits per heavy atom. The molecule has 27 heavy (non-hydrogen) atoms. The Bertz CT molecular complexity index is 903. The maximum absolute atomic E-state index is 12.3. The van der Waals surface area contributed by atoms with Crippen molar-refractivity contribution in [2.45, 2.75) is 13.0 Å². The number of nitrogens with one attached hydrogen (secondary N) is 1. The summed E-state index contributed by atoms with van der Waals surface area (Å²) in [6, 6.07) is 8.07. The van der Waals surface area contributed by atoms with E-state index in [1.54, 1.807) is 6.07 Å². The van der Waals surface area contributed by atoms with Crippen LogP contribution in [0, 0.1) is 10.1 Å².